The number of esters is 1. The Morgan fingerprint density at radius 1 is 1.43 bits per heavy atom. The number of carbonyl (C=O) groups is 1. The number of ether oxygens (including phenoxy) is 1. The first kappa shape index (κ1) is 11.5. The number of rotatable bonds is 2. The summed E-state index contributed by atoms with van der Waals surface area (Å²) in [6, 6.07) is 3.39. The Kier molecular flexibility index (Phi) is 3.95. The molecule has 0 amide bonds. The van der Waals surface area contributed by atoms with Gasteiger partial charge in [0.25, 0.3) is 0 Å². The van der Waals surface area contributed by atoms with Crippen molar-refractivity contribution in [3.05, 3.63) is 26.6 Å². The molecule has 0 unspecified atom stereocenters. The van der Waals surface area contributed by atoms with E-state index in [0.717, 1.165) is 5.56 Å². The van der Waals surface area contributed by atoms with Crippen LogP contribution in [0.4, 0.5) is 0 Å². The number of hydrogen-bond donors (Lipinski definition) is 1. The Bertz CT molecular complexity index is 340. The van der Waals surface area contributed by atoms with Crippen LogP contribution in [0.15, 0.2) is 21.1 Å². The Labute approximate surface area is 98.3 Å². The summed E-state index contributed by atoms with van der Waals surface area (Å²) >= 11 is 6.37. The van der Waals surface area contributed by atoms with Gasteiger partial charge in [0.05, 0.1) is 8.95 Å². The van der Waals surface area contributed by atoms with Gasteiger partial charge in [-0.25, -0.2) is 0 Å². The van der Waals surface area contributed by atoms with Crippen molar-refractivity contribution in [2.45, 2.75) is 13.5 Å². The molecule has 0 saturated carbocycles. The monoisotopic (exact) mass is 322 g/mol. The number of phenolic OH excluding ortho intramolecular Hbond substituents is 1. The maximum atomic E-state index is 10.6. The summed E-state index contributed by atoms with van der Waals surface area (Å²) in [7, 11) is 0. The van der Waals surface area contributed by atoms with Gasteiger partial charge < -0.3 is 9.84 Å². The van der Waals surface area contributed by atoms with Crippen molar-refractivity contribution < 1.29 is 14.6 Å². The summed E-state index contributed by atoms with van der Waals surface area (Å²) in [4.78, 5) is 10.6. The number of phenols is 1. The van der Waals surface area contributed by atoms with Crippen LogP contribution in [0, 0.1) is 0 Å². The van der Waals surface area contributed by atoms with E-state index in [1.807, 2.05) is 0 Å². The molecule has 0 spiro atoms. The zero-order valence-electron chi connectivity index (χ0n) is 7.38. The van der Waals surface area contributed by atoms with Gasteiger partial charge in [0.15, 0.2) is 0 Å². The van der Waals surface area contributed by atoms with Crippen LogP contribution in [0.5, 0.6) is 5.75 Å². The highest BCUT2D eigenvalue weighted by atomic mass is 79.9. The second-order valence-corrected chi connectivity index (χ2v) is 4.40. The van der Waals surface area contributed by atoms with Crippen molar-refractivity contribution in [1.29, 1.82) is 0 Å². The number of halogens is 2. The summed E-state index contributed by atoms with van der Waals surface area (Å²) < 4.78 is 5.94. The molecule has 1 N–H and O–H groups in total. The van der Waals surface area contributed by atoms with E-state index in [1.165, 1.54) is 6.92 Å². The minimum atomic E-state index is -0.328. The topological polar surface area (TPSA) is 46.5 Å². The Morgan fingerprint density at radius 2 is 1.93 bits per heavy atom. The zero-order chi connectivity index (χ0) is 10.7. The van der Waals surface area contributed by atoms with Crippen LogP contribution in [0.2, 0.25) is 0 Å². The SMILES string of the molecule is CC(=O)OCc1cc(Br)c(O)c(Br)c1. The predicted molar refractivity (Wildman–Crippen MR) is 59.0 cm³/mol. The first-order valence-electron chi connectivity index (χ1n) is 3.81. The molecule has 0 atom stereocenters. The lowest BCUT2D eigenvalue weighted by Gasteiger charge is -2.05. The second-order valence-electron chi connectivity index (χ2n) is 2.69. The van der Waals surface area contributed by atoms with E-state index in [1.54, 1.807) is 12.1 Å². The van der Waals surface area contributed by atoms with Crippen molar-refractivity contribution in [3.8, 4) is 5.75 Å². The molecule has 0 saturated heterocycles. The number of benzene rings is 1. The average molecular weight is 324 g/mol. The van der Waals surface area contributed by atoms with Crippen molar-refractivity contribution >= 4 is 37.8 Å². The summed E-state index contributed by atoms with van der Waals surface area (Å²) in [5.41, 5.74) is 0.803. The van der Waals surface area contributed by atoms with Gasteiger partial charge in [-0.3, -0.25) is 4.79 Å². The molecule has 1 aromatic rings. The summed E-state index contributed by atoms with van der Waals surface area (Å²) in [6.45, 7) is 1.55. The molecule has 0 aliphatic rings. The van der Waals surface area contributed by atoms with Gasteiger partial charge in [-0.2, -0.15) is 0 Å². The number of aromatic hydroxyl groups is 1. The van der Waals surface area contributed by atoms with Crippen molar-refractivity contribution in [2.24, 2.45) is 0 Å². The van der Waals surface area contributed by atoms with Gasteiger partial charge >= 0.3 is 5.97 Å². The molecular formula is C9H8Br2O3. The van der Waals surface area contributed by atoms with Gasteiger partial charge in [-0.1, -0.05) is 0 Å². The van der Waals surface area contributed by atoms with Crippen LogP contribution in [-0.2, 0) is 16.1 Å². The van der Waals surface area contributed by atoms with Gasteiger partial charge in [0.2, 0.25) is 0 Å². The third kappa shape index (κ3) is 2.99. The maximum Gasteiger partial charge on any atom is 0.302 e. The van der Waals surface area contributed by atoms with Crippen LogP contribution in [0.25, 0.3) is 0 Å². The van der Waals surface area contributed by atoms with E-state index in [0.29, 0.717) is 8.95 Å². The zero-order valence-corrected chi connectivity index (χ0v) is 10.6. The van der Waals surface area contributed by atoms with Crippen LogP contribution in [0.3, 0.4) is 0 Å². The van der Waals surface area contributed by atoms with E-state index in [-0.39, 0.29) is 18.3 Å². The molecule has 1 aromatic carbocycles. The Balaban J connectivity index is 2.84. The average Bonchev–Trinajstić information content (AvgIpc) is 2.10. The molecule has 0 aromatic heterocycles. The van der Waals surface area contributed by atoms with Gasteiger partial charge in [-0.05, 0) is 49.6 Å². The molecule has 76 valence electrons. The molecule has 0 radical (unpaired) electrons. The van der Waals surface area contributed by atoms with Crippen LogP contribution >= 0.6 is 31.9 Å². The highest BCUT2D eigenvalue weighted by Crippen LogP contribution is 2.33. The standard InChI is InChI=1S/C9H8Br2O3/c1-5(12)14-4-6-2-7(10)9(13)8(11)3-6/h2-3,13H,4H2,1H3. The van der Waals surface area contributed by atoms with E-state index in [4.69, 9.17) is 4.74 Å². The molecule has 1 rings (SSSR count). The fourth-order valence-electron chi connectivity index (χ4n) is 0.886. The van der Waals surface area contributed by atoms with Gasteiger partial charge in [0.1, 0.15) is 12.4 Å². The first-order chi connectivity index (χ1) is 6.50. The third-order valence-corrected chi connectivity index (χ3v) is 2.73. The molecule has 0 aliphatic heterocycles. The van der Waals surface area contributed by atoms with Crippen molar-refractivity contribution in [2.75, 3.05) is 0 Å². The fraction of sp³-hybridized carbons (Fsp3) is 0.222. The lowest BCUT2D eigenvalue weighted by Crippen LogP contribution is -1.98. The van der Waals surface area contributed by atoms with Crippen molar-refractivity contribution in [1.82, 2.24) is 0 Å². The van der Waals surface area contributed by atoms with Gasteiger partial charge in [-0.15, -0.1) is 0 Å². The van der Waals surface area contributed by atoms with Crippen LogP contribution < -0.4 is 0 Å². The highest BCUT2D eigenvalue weighted by Gasteiger charge is 2.06. The summed E-state index contributed by atoms with van der Waals surface area (Å²) in [5, 5.41) is 9.41. The molecule has 0 heterocycles. The normalized spacial score (nSPS) is 9.93. The number of carbonyl (C=O) groups excluding carboxylic acids is 1. The number of hydrogen-bond acceptors (Lipinski definition) is 3. The van der Waals surface area contributed by atoms with Gasteiger partial charge in [0, 0.05) is 6.92 Å². The minimum absolute atomic E-state index is 0.136. The molecule has 3 nitrogen and oxygen atoms in total. The molecule has 5 heteroatoms. The largest absolute Gasteiger partial charge is 0.506 e. The fourth-order valence-corrected chi connectivity index (χ4v) is 2.17. The molecule has 0 fully saturated rings. The molecule has 0 bridgehead atoms. The second kappa shape index (κ2) is 4.79. The maximum absolute atomic E-state index is 10.6. The van der Waals surface area contributed by atoms with E-state index < -0.39 is 0 Å². The first-order valence-corrected chi connectivity index (χ1v) is 5.39. The quantitative estimate of drug-likeness (QED) is 0.851. The van der Waals surface area contributed by atoms with Crippen LogP contribution in [0.1, 0.15) is 12.5 Å². The Hall–Kier alpha value is -0.550. The van der Waals surface area contributed by atoms with E-state index in [9.17, 15) is 9.90 Å². The predicted octanol–water partition coefficient (Wildman–Crippen LogP) is 2.98. The molecule has 14 heavy (non-hydrogen) atoms. The molecular weight excluding hydrogens is 316 g/mol. The van der Waals surface area contributed by atoms with Crippen molar-refractivity contribution in [3.63, 3.8) is 0 Å². The summed E-state index contributed by atoms with van der Waals surface area (Å²) in [6.07, 6.45) is 0. The third-order valence-electron chi connectivity index (χ3n) is 1.52. The summed E-state index contributed by atoms with van der Waals surface area (Å²) in [5.74, 6) is -0.193. The van der Waals surface area contributed by atoms with E-state index >= 15 is 0 Å². The van der Waals surface area contributed by atoms with E-state index in [2.05, 4.69) is 31.9 Å². The highest BCUT2D eigenvalue weighted by molar-refractivity contribution is 9.11. The lowest BCUT2D eigenvalue weighted by molar-refractivity contribution is -0.142. The lowest BCUT2D eigenvalue weighted by atomic mass is 10.2. The molecule has 0 aliphatic carbocycles. The smallest absolute Gasteiger partial charge is 0.302 e. The van der Waals surface area contributed by atoms with Crippen LogP contribution in [-0.4, -0.2) is 11.1 Å². The minimum Gasteiger partial charge on any atom is -0.506 e. The Morgan fingerprint density at radius 3 is 2.36 bits per heavy atom.